The Kier molecular flexibility index (Phi) is 2.59. The van der Waals surface area contributed by atoms with Crippen LogP contribution in [0.1, 0.15) is 11.6 Å². The van der Waals surface area contributed by atoms with Crippen LogP contribution in [-0.4, -0.2) is 16.2 Å². The van der Waals surface area contributed by atoms with Gasteiger partial charge in [0, 0.05) is 5.56 Å². The maximum Gasteiger partial charge on any atom is 0.336 e. The van der Waals surface area contributed by atoms with Crippen LogP contribution in [0.2, 0.25) is 0 Å². The first-order valence-corrected chi connectivity index (χ1v) is 3.50. The van der Waals surface area contributed by atoms with Gasteiger partial charge in [-0.15, -0.1) is 4.91 Å². The van der Waals surface area contributed by atoms with E-state index >= 15 is 0 Å². The topological polar surface area (TPSA) is 87.0 Å². The van der Waals surface area contributed by atoms with E-state index in [0.717, 1.165) is 0 Å². The second-order valence-corrected chi connectivity index (χ2v) is 2.40. The van der Waals surface area contributed by atoms with Gasteiger partial charge in [0.05, 0.1) is 0 Å². The van der Waals surface area contributed by atoms with Crippen molar-refractivity contribution in [1.82, 2.24) is 0 Å². The molecule has 1 aromatic carbocycles. The van der Waals surface area contributed by atoms with E-state index in [0.29, 0.717) is 0 Å². The molecule has 0 saturated carbocycles. The second-order valence-electron chi connectivity index (χ2n) is 2.40. The van der Waals surface area contributed by atoms with Gasteiger partial charge >= 0.3 is 5.97 Å². The Labute approximate surface area is 73.6 Å². The molecule has 2 N–H and O–H groups in total. The number of para-hydroxylation sites is 1. The van der Waals surface area contributed by atoms with Crippen LogP contribution >= 0.6 is 0 Å². The highest BCUT2D eigenvalue weighted by molar-refractivity contribution is 5.76. The zero-order valence-electron chi connectivity index (χ0n) is 6.54. The summed E-state index contributed by atoms with van der Waals surface area (Å²) in [6.45, 7) is 0. The molecule has 68 valence electrons. The minimum Gasteiger partial charge on any atom is -0.508 e. The Hall–Kier alpha value is -1.91. The number of carboxylic acid groups (broad SMARTS) is 1. The lowest BCUT2D eigenvalue weighted by molar-refractivity contribution is -0.138. The molecule has 1 unspecified atom stereocenters. The van der Waals surface area contributed by atoms with Crippen molar-refractivity contribution < 1.29 is 15.0 Å². The van der Waals surface area contributed by atoms with Gasteiger partial charge in [-0.3, -0.25) is 0 Å². The molecule has 0 aromatic heterocycles. The molecule has 0 aliphatic carbocycles. The normalized spacial score (nSPS) is 12.0. The van der Waals surface area contributed by atoms with E-state index in [1.807, 2.05) is 0 Å². The van der Waals surface area contributed by atoms with Crippen LogP contribution in [0.25, 0.3) is 0 Å². The fourth-order valence-electron chi connectivity index (χ4n) is 0.954. The lowest BCUT2D eigenvalue weighted by atomic mass is 10.1. The number of aromatic hydroxyl groups is 1. The van der Waals surface area contributed by atoms with E-state index in [4.69, 9.17) is 5.11 Å². The van der Waals surface area contributed by atoms with Gasteiger partial charge in [0.1, 0.15) is 5.75 Å². The number of carboxylic acids is 1. The molecule has 5 heteroatoms. The van der Waals surface area contributed by atoms with Gasteiger partial charge in [0.15, 0.2) is 0 Å². The summed E-state index contributed by atoms with van der Waals surface area (Å²) in [5.74, 6) is -1.62. The van der Waals surface area contributed by atoms with E-state index in [-0.39, 0.29) is 11.3 Å². The van der Waals surface area contributed by atoms with E-state index in [2.05, 4.69) is 5.18 Å². The molecule has 0 saturated heterocycles. The molecule has 13 heavy (non-hydrogen) atoms. The first-order chi connectivity index (χ1) is 6.16. The third-order valence-corrected chi connectivity index (χ3v) is 1.57. The number of carbonyl (C=O) groups is 1. The number of hydrogen-bond acceptors (Lipinski definition) is 4. The Morgan fingerprint density at radius 1 is 1.38 bits per heavy atom. The zero-order chi connectivity index (χ0) is 9.84. The maximum atomic E-state index is 10.5. The van der Waals surface area contributed by atoms with Crippen LogP contribution in [0.5, 0.6) is 5.75 Å². The number of rotatable bonds is 3. The van der Waals surface area contributed by atoms with Crippen LogP contribution in [0.4, 0.5) is 0 Å². The molecule has 0 aliphatic rings. The molecule has 1 rings (SSSR count). The predicted molar refractivity (Wildman–Crippen MR) is 44.3 cm³/mol. The van der Waals surface area contributed by atoms with Crippen molar-refractivity contribution >= 4 is 5.97 Å². The van der Waals surface area contributed by atoms with Crippen LogP contribution in [0, 0.1) is 4.91 Å². The largest absolute Gasteiger partial charge is 0.508 e. The van der Waals surface area contributed by atoms with Crippen LogP contribution in [0.15, 0.2) is 29.4 Å². The number of nitrogens with zero attached hydrogens (tertiary/aromatic N) is 1. The van der Waals surface area contributed by atoms with E-state index < -0.39 is 12.0 Å². The summed E-state index contributed by atoms with van der Waals surface area (Å²) in [4.78, 5) is 20.6. The van der Waals surface area contributed by atoms with Gasteiger partial charge in [0.25, 0.3) is 0 Å². The molecule has 0 heterocycles. The molecule has 0 amide bonds. The molecule has 0 spiro atoms. The fraction of sp³-hybridized carbons (Fsp3) is 0.125. The number of aliphatic carboxylic acids is 1. The highest BCUT2D eigenvalue weighted by Crippen LogP contribution is 2.26. The van der Waals surface area contributed by atoms with Gasteiger partial charge < -0.3 is 10.2 Å². The Balaban J connectivity index is 3.12. The van der Waals surface area contributed by atoms with Crippen molar-refractivity contribution in [1.29, 1.82) is 0 Å². The van der Waals surface area contributed by atoms with Crippen LogP contribution in [0.3, 0.4) is 0 Å². The summed E-state index contributed by atoms with van der Waals surface area (Å²) < 4.78 is 0. The molecule has 0 aliphatic heterocycles. The Morgan fingerprint density at radius 2 is 2.00 bits per heavy atom. The molecule has 5 nitrogen and oxygen atoms in total. The summed E-state index contributed by atoms with van der Waals surface area (Å²) in [5.41, 5.74) is 0.00463. The Morgan fingerprint density at radius 3 is 2.46 bits per heavy atom. The number of hydrogen-bond donors (Lipinski definition) is 2. The molecule has 0 fully saturated rings. The number of phenolic OH excluding ortho intramolecular Hbond substituents is 1. The molecule has 0 radical (unpaired) electrons. The highest BCUT2D eigenvalue weighted by Gasteiger charge is 2.22. The average Bonchev–Trinajstić information content (AvgIpc) is 2.09. The first-order valence-electron chi connectivity index (χ1n) is 3.50. The van der Waals surface area contributed by atoms with Gasteiger partial charge in [-0.1, -0.05) is 18.2 Å². The zero-order valence-corrected chi connectivity index (χ0v) is 6.54. The van der Waals surface area contributed by atoms with Crippen LogP contribution in [-0.2, 0) is 4.79 Å². The standard InChI is InChI=1S/C8H7NO4/c10-6-4-2-1-3-5(6)7(9-13)8(11)12/h1-4,7,10H,(H,11,12). The number of benzene rings is 1. The lowest BCUT2D eigenvalue weighted by Crippen LogP contribution is -2.08. The predicted octanol–water partition coefficient (Wildman–Crippen LogP) is 1.28. The monoisotopic (exact) mass is 181 g/mol. The smallest absolute Gasteiger partial charge is 0.336 e. The average molecular weight is 181 g/mol. The Bertz CT molecular complexity index is 337. The van der Waals surface area contributed by atoms with Gasteiger partial charge in [0.2, 0.25) is 6.04 Å². The van der Waals surface area contributed by atoms with Gasteiger partial charge in [-0.2, -0.15) is 0 Å². The second kappa shape index (κ2) is 3.66. The minimum atomic E-state index is -1.54. The summed E-state index contributed by atoms with van der Waals surface area (Å²) in [6, 6.07) is 4.16. The number of phenols is 1. The molecule has 1 atom stereocenters. The van der Waals surface area contributed by atoms with E-state index in [1.54, 1.807) is 0 Å². The van der Waals surface area contributed by atoms with E-state index in [9.17, 15) is 14.8 Å². The van der Waals surface area contributed by atoms with Crippen molar-refractivity contribution in [2.75, 3.05) is 0 Å². The van der Waals surface area contributed by atoms with Crippen molar-refractivity contribution in [3.63, 3.8) is 0 Å². The van der Waals surface area contributed by atoms with Crippen LogP contribution < -0.4 is 0 Å². The van der Waals surface area contributed by atoms with Crippen molar-refractivity contribution in [3.05, 3.63) is 34.7 Å². The third-order valence-electron chi connectivity index (χ3n) is 1.57. The highest BCUT2D eigenvalue weighted by atomic mass is 16.4. The van der Waals surface area contributed by atoms with Gasteiger partial charge in [-0.05, 0) is 11.2 Å². The van der Waals surface area contributed by atoms with Crippen molar-refractivity contribution in [2.45, 2.75) is 6.04 Å². The number of nitroso groups, excluding NO2 is 1. The molecular weight excluding hydrogens is 174 g/mol. The SMILES string of the molecule is O=NC(C(=O)O)c1ccccc1O. The minimum absolute atomic E-state index is 0.00463. The summed E-state index contributed by atoms with van der Waals surface area (Å²) in [6.07, 6.45) is 0. The molecule has 1 aromatic rings. The fourth-order valence-corrected chi connectivity index (χ4v) is 0.954. The van der Waals surface area contributed by atoms with E-state index in [1.165, 1.54) is 24.3 Å². The lowest BCUT2D eigenvalue weighted by Gasteiger charge is -2.05. The van der Waals surface area contributed by atoms with Crippen molar-refractivity contribution in [3.8, 4) is 5.75 Å². The molecule has 0 bridgehead atoms. The van der Waals surface area contributed by atoms with Crippen molar-refractivity contribution in [2.24, 2.45) is 5.18 Å². The summed E-state index contributed by atoms with van der Waals surface area (Å²) in [5, 5.41) is 20.2. The summed E-state index contributed by atoms with van der Waals surface area (Å²) >= 11 is 0. The maximum absolute atomic E-state index is 10.5. The first kappa shape index (κ1) is 9.18. The quantitative estimate of drug-likeness (QED) is 0.687. The summed E-state index contributed by atoms with van der Waals surface area (Å²) in [7, 11) is 0. The molecular formula is C8H7NO4. The van der Waals surface area contributed by atoms with Gasteiger partial charge in [-0.25, -0.2) is 4.79 Å². The third kappa shape index (κ3) is 1.81.